The Morgan fingerprint density at radius 2 is 2.14 bits per heavy atom. The molecule has 5 nitrogen and oxygen atoms in total. The van der Waals surface area contributed by atoms with Gasteiger partial charge in [-0.1, -0.05) is 13.0 Å². The minimum Gasteiger partial charge on any atom is -0.356 e. The van der Waals surface area contributed by atoms with Crippen LogP contribution in [0.5, 0.6) is 0 Å². The molecule has 2 heterocycles. The van der Waals surface area contributed by atoms with Crippen LogP contribution < -0.4 is 10.6 Å². The van der Waals surface area contributed by atoms with E-state index in [4.69, 9.17) is 0 Å². The molecular formula is C17H29N5. The Bertz CT molecular complexity index is 438. The second-order valence-corrected chi connectivity index (χ2v) is 5.91. The van der Waals surface area contributed by atoms with Gasteiger partial charge >= 0.3 is 0 Å². The van der Waals surface area contributed by atoms with Gasteiger partial charge in [0.05, 0.1) is 12.2 Å². The molecule has 0 bridgehead atoms. The number of pyridine rings is 1. The molecule has 1 fully saturated rings. The Balaban J connectivity index is 1.66. The van der Waals surface area contributed by atoms with E-state index in [1.54, 1.807) is 0 Å². The van der Waals surface area contributed by atoms with Crippen molar-refractivity contribution in [3.63, 3.8) is 0 Å². The van der Waals surface area contributed by atoms with Crippen LogP contribution in [0.4, 0.5) is 0 Å². The zero-order valence-electron chi connectivity index (χ0n) is 13.9. The lowest BCUT2D eigenvalue weighted by molar-refractivity contribution is 0.185. The van der Waals surface area contributed by atoms with Crippen molar-refractivity contribution >= 4 is 5.96 Å². The number of aliphatic imine (C=N–C) groups is 1. The van der Waals surface area contributed by atoms with E-state index in [9.17, 15) is 0 Å². The first kappa shape index (κ1) is 16.7. The van der Waals surface area contributed by atoms with Gasteiger partial charge in [0.25, 0.3) is 0 Å². The molecule has 0 unspecified atom stereocenters. The van der Waals surface area contributed by atoms with Crippen molar-refractivity contribution in [3.8, 4) is 0 Å². The average Bonchev–Trinajstić information content (AvgIpc) is 2.57. The van der Waals surface area contributed by atoms with Gasteiger partial charge in [-0.3, -0.25) is 9.98 Å². The Hall–Kier alpha value is -1.62. The number of nitrogens with one attached hydrogen (secondary N) is 2. The monoisotopic (exact) mass is 303 g/mol. The van der Waals surface area contributed by atoms with Gasteiger partial charge in [0.2, 0.25) is 0 Å². The number of guanidine groups is 1. The molecule has 0 aromatic carbocycles. The molecule has 0 atom stereocenters. The normalized spacial score (nSPS) is 17.5. The van der Waals surface area contributed by atoms with Crippen molar-refractivity contribution in [3.05, 3.63) is 30.1 Å². The minimum atomic E-state index is 0.704. The number of likely N-dealkylation sites (tertiary alicyclic amines) is 1. The van der Waals surface area contributed by atoms with E-state index in [1.807, 2.05) is 31.4 Å². The van der Waals surface area contributed by atoms with E-state index in [0.717, 1.165) is 24.1 Å². The predicted octanol–water partition coefficient (Wildman–Crippen LogP) is 1.87. The van der Waals surface area contributed by atoms with Crippen molar-refractivity contribution < 1.29 is 0 Å². The second kappa shape index (κ2) is 9.41. The summed E-state index contributed by atoms with van der Waals surface area (Å²) in [4.78, 5) is 11.2. The van der Waals surface area contributed by atoms with E-state index in [2.05, 4.69) is 32.4 Å². The molecule has 1 aromatic rings. The fraction of sp³-hybridized carbons (Fsp3) is 0.647. The van der Waals surface area contributed by atoms with Gasteiger partial charge in [0.1, 0.15) is 0 Å². The summed E-state index contributed by atoms with van der Waals surface area (Å²) in [5.74, 6) is 1.61. The van der Waals surface area contributed by atoms with Crippen LogP contribution >= 0.6 is 0 Å². The molecule has 0 aliphatic carbocycles. The highest BCUT2D eigenvalue weighted by molar-refractivity contribution is 5.79. The molecule has 0 amide bonds. The van der Waals surface area contributed by atoms with Gasteiger partial charge in [-0.15, -0.1) is 0 Å². The largest absolute Gasteiger partial charge is 0.356 e. The van der Waals surface area contributed by atoms with Crippen LogP contribution in [-0.4, -0.2) is 49.1 Å². The fourth-order valence-electron chi connectivity index (χ4n) is 2.87. The lowest BCUT2D eigenvalue weighted by Gasteiger charge is -2.32. The maximum Gasteiger partial charge on any atom is 0.191 e. The molecule has 1 aliphatic rings. The smallest absolute Gasteiger partial charge is 0.191 e. The summed E-state index contributed by atoms with van der Waals surface area (Å²) in [5, 5.41) is 6.77. The maximum absolute atomic E-state index is 4.31. The van der Waals surface area contributed by atoms with Gasteiger partial charge < -0.3 is 15.5 Å². The molecule has 122 valence electrons. The maximum atomic E-state index is 4.31. The molecule has 1 saturated heterocycles. The average molecular weight is 303 g/mol. The molecule has 2 N–H and O–H groups in total. The molecule has 0 radical (unpaired) electrons. The minimum absolute atomic E-state index is 0.704. The summed E-state index contributed by atoms with van der Waals surface area (Å²) in [6.07, 6.45) is 5.64. The number of hydrogen-bond donors (Lipinski definition) is 2. The van der Waals surface area contributed by atoms with Crippen molar-refractivity contribution in [2.75, 3.05) is 33.2 Å². The highest BCUT2D eigenvalue weighted by Crippen LogP contribution is 2.16. The predicted molar refractivity (Wildman–Crippen MR) is 91.9 cm³/mol. The second-order valence-electron chi connectivity index (χ2n) is 5.91. The van der Waals surface area contributed by atoms with E-state index in [0.29, 0.717) is 6.54 Å². The Labute approximate surface area is 134 Å². The number of aromatic nitrogens is 1. The van der Waals surface area contributed by atoms with Crippen molar-refractivity contribution in [1.82, 2.24) is 20.5 Å². The SMILES string of the molecule is CCCN1CCC(CNC(=NC)NCc2ccccn2)CC1. The van der Waals surface area contributed by atoms with Crippen molar-refractivity contribution in [1.29, 1.82) is 0 Å². The van der Waals surface area contributed by atoms with E-state index in [1.165, 1.54) is 38.9 Å². The summed E-state index contributed by atoms with van der Waals surface area (Å²) >= 11 is 0. The third-order valence-corrected chi connectivity index (χ3v) is 4.19. The number of nitrogens with zero attached hydrogens (tertiary/aromatic N) is 3. The summed E-state index contributed by atoms with van der Waals surface area (Å²) in [5.41, 5.74) is 1.03. The number of hydrogen-bond acceptors (Lipinski definition) is 3. The lowest BCUT2D eigenvalue weighted by Crippen LogP contribution is -2.42. The quantitative estimate of drug-likeness (QED) is 0.622. The van der Waals surface area contributed by atoms with Gasteiger partial charge in [-0.25, -0.2) is 0 Å². The molecule has 0 spiro atoms. The van der Waals surface area contributed by atoms with Crippen LogP contribution in [-0.2, 0) is 6.54 Å². The lowest BCUT2D eigenvalue weighted by atomic mass is 9.97. The highest BCUT2D eigenvalue weighted by Gasteiger charge is 2.18. The summed E-state index contributed by atoms with van der Waals surface area (Å²) in [6, 6.07) is 5.95. The van der Waals surface area contributed by atoms with Crippen LogP contribution in [0.15, 0.2) is 29.4 Å². The van der Waals surface area contributed by atoms with E-state index in [-0.39, 0.29) is 0 Å². The van der Waals surface area contributed by atoms with Gasteiger partial charge in [-0.05, 0) is 56.9 Å². The third kappa shape index (κ3) is 5.64. The van der Waals surface area contributed by atoms with Crippen molar-refractivity contribution in [2.24, 2.45) is 10.9 Å². The molecule has 1 aliphatic heterocycles. The molecule has 1 aromatic heterocycles. The third-order valence-electron chi connectivity index (χ3n) is 4.19. The summed E-state index contributed by atoms with van der Waals surface area (Å²) < 4.78 is 0. The Morgan fingerprint density at radius 3 is 2.77 bits per heavy atom. The number of piperidine rings is 1. The molecule has 2 rings (SSSR count). The molecule has 5 heteroatoms. The molecule has 0 saturated carbocycles. The zero-order chi connectivity index (χ0) is 15.6. The van der Waals surface area contributed by atoms with Crippen LogP contribution in [0.3, 0.4) is 0 Å². The van der Waals surface area contributed by atoms with Gasteiger partial charge in [0.15, 0.2) is 5.96 Å². The topological polar surface area (TPSA) is 52.5 Å². The van der Waals surface area contributed by atoms with E-state index < -0.39 is 0 Å². The fourth-order valence-corrected chi connectivity index (χ4v) is 2.87. The van der Waals surface area contributed by atoms with Crippen molar-refractivity contribution in [2.45, 2.75) is 32.7 Å². The first-order valence-corrected chi connectivity index (χ1v) is 8.38. The first-order chi connectivity index (χ1) is 10.8. The van der Waals surface area contributed by atoms with Crippen LogP contribution in [0.2, 0.25) is 0 Å². The standard InChI is InChI=1S/C17H29N5/c1-3-10-22-11-7-15(8-12-22)13-20-17(18-2)21-14-16-6-4-5-9-19-16/h4-6,9,15H,3,7-8,10-14H2,1-2H3,(H2,18,20,21). The number of rotatable bonds is 6. The first-order valence-electron chi connectivity index (χ1n) is 8.38. The molecule has 22 heavy (non-hydrogen) atoms. The molecular weight excluding hydrogens is 274 g/mol. The van der Waals surface area contributed by atoms with Crippen LogP contribution in [0.1, 0.15) is 31.9 Å². The van der Waals surface area contributed by atoms with E-state index >= 15 is 0 Å². The zero-order valence-corrected chi connectivity index (χ0v) is 13.9. The summed E-state index contributed by atoms with van der Waals surface area (Å²) in [6.45, 7) is 7.68. The van der Waals surface area contributed by atoms with Gasteiger partial charge in [0, 0.05) is 19.8 Å². The van der Waals surface area contributed by atoms with Crippen LogP contribution in [0, 0.1) is 5.92 Å². The van der Waals surface area contributed by atoms with Crippen LogP contribution in [0.25, 0.3) is 0 Å². The highest BCUT2D eigenvalue weighted by atomic mass is 15.2. The van der Waals surface area contributed by atoms with Gasteiger partial charge in [-0.2, -0.15) is 0 Å². The summed E-state index contributed by atoms with van der Waals surface area (Å²) in [7, 11) is 1.82. The Morgan fingerprint density at radius 1 is 1.32 bits per heavy atom. The Kier molecular flexibility index (Phi) is 7.16.